The molecule has 0 spiro atoms. The van der Waals surface area contributed by atoms with E-state index in [0.29, 0.717) is 6.54 Å². The maximum atomic E-state index is 11.6. The summed E-state index contributed by atoms with van der Waals surface area (Å²) in [6.45, 7) is 5.70. The molecule has 98 valence electrons. The molecule has 0 aliphatic heterocycles. The van der Waals surface area contributed by atoms with E-state index in [4.69, 9.17) is 0 Å². The third-order valence-corrected chi connectivity index (χ3v) is 2.77. The predicted molar refractivity (Wildman–Crippen MR) is 71.2 cm³/mol. The van der Waals surface area contributed by atoms with Crippen LogP contribution < -0.4 is 10.6 Å². The van der Waals surface area contributed by atoms with Gasteiger partial charge in [0.05, 0.1) is 0 Å². The van der Waals surface area contributed by atoms with E-state index in [9.17, 15) is 9.59 Å². The number of carbonyl (C=O) groups excluding carboxylic acids is 2. The highest BCUT2D eigenvalue weighted by molar-refractivity contribution is 5.86. The molecular formula is C14H20N2O2. The first-order chi connectivity index (χ1) is 8.50. The molecule has 0 saturated heterocycles. The zero-order chi connectivity index (χ0) is 13.5. The van der Waals surface area contributed by atoms with Gasteiger partial charge in [0.25, 0.3) is 0 Å². The number of nitrogens with one attached hydrogen (secondary N) is 2. The van der Waals surface area contributed by atoms with Gasteiger partial charge in [0.15, 0.2) is 0 Å². The molecule has 0 aromatic heterocycles. The molecule has 4 heteroatoms. The Kier molecular flexibility index (Phi) is 5.36. The summed E-state index contributed by atoms with van der Waals surface area (Å²) in [5.41, 5.74) is 2.45. The Labute approximate surface area is 108 Å². The zero-order valence-electron chi connectivity index (χ0n) is 11.1. The van der Waals surface area contributed by atoms with E-state index in [2.05, 4.69) is 29.7 Å². The number of benzene rings is 1. The SMILES string of the molecule is CC(=O)N[C@@H](C)C(=O)NCCc1ccccc1C. The van der Waals surface area contributed by atoms with Crippen LogP contribution in [0.4, 0.5) is 0 Å². The average molecular weight is 248 g/mol. The summed E-state index contributed by atoms with van der Waals surface area (Å²) in [6, 6.07) is 7.61. The highest BCUT2D eigenvalue weighted by Crippen LogP contribution is 2.06. The van der Waals surface area contributed by atoms with Gasteiger partial charge in [-0.05, 0) is 31.4 Å². The number of amides is 2. The molecule has 0 aliphatic carbocycles. The van der Waals surface area contributed by atoms with Gasteiger partial charge in [-0.25, -0.2) is 0 Å². The van der Waals surface area contributed by atoms with Crippen LogP contribution in [-0.2, 0) is 16.0 Å². The van der Waals surface area contributed by atoms with Crippen molar-refractivity contribution in [2.45, 2.75) is 33.2 Å². The Bertz CT molecular complexity index is 430. The number of aryl methyl sites for hydroxylation is 1. The summed E-state index contributed by atoms with van der Waals surface area (Å²) in [5, 5.41) is 5.36. The molecule has 0 saturated carbocycles. The predicted octanol–water partition coefficient (Wildman–Crippen LogP) is 1.18. The minimum atomic E-state index is -0.487. The third kappa shape index (κ3) is 4.57. The summed E-state index contributed by atoms with van der Waals surface area (Å²) in [7, 11) is 0. The fourth-order valence-electron chi connectivity index (χ4n) is 1.73. The van der Waals surface area contributed by atoms with Crippen molar-refractivity contribution < 1.29 is 9.59 Å². The molecule has 1 aromatic rings. The lowest BCUT2D eigenvalue weighted by atomic mass is 10.1. The van der Waals surface area contributed by atoms with Gasteiger partial charge in [-0.2, -0.15) is 0 Å². The number of rotatable bonds is 5. The Morgan fingerprint density at radius 1 is 1.28 bits per heavy atom. The molecule has 4 nitrogen and oxygen atoms in total. The normalized spacial score (nSPS) is 11.7. The number of hydrogen-bond acceptors (Lipinski definition) is 2. The fourth-order valence-corrected chi connectivity index (χ4v) is 1.73. The topological polar surface area (TPSA) is 58.2 Å². The standard InChI is InChI=1S/C14H20N2O2/c1-10-6-4-5-7-13(10)8-9-15-14(18)11(2)16-12(3)17/h4-7,11H,8-9H2,1-3H3,(H,15,18)(H,16,17)/t11-/m0/s1. The first-order valence-corrected chi connectivity index (χ1v) is 6.10. The molecule has 2 amide bonds. The van der Waals surface area contributed by atoms with E-state index in [1.807, 2.05) is 12.1 Å². The molecule has 0 aliphatic rings. The molecule has 1 aromatic carbocycles. The first kappa shape index (κ1) is 14.2. The van der Waals surface area contributed by atoms with Crippen LogP contribution in [0.15, 0.2) is 24.3 Å². The van der Waals surface area contributed by atoms with Crippen molar-refractivity contribution in [2.75, 3.05) is 6.54 Å². The van der Waals surface area contributed by atoms with Crippen LogP contribution in [0, 0.1) is 6.92 Å². The molecule has 0 heterocycles. The van der Waals surface area contributed by atoms with Crippen molar-refractivity contribution in [3.05, 3.63) is 35.4 Å². The van der Waals surface area contributed by atoms with Crippen LogP contribution in [0.1, 0.15) is 25.0 Å². The first-order valence-electron chi connectivity index (χ1n) is 6.10. The van der Waals surface area contributed by atoms with Crippen molar-refractivity contribution in [2.24, 2.45) is 0 Å². The second-order valence-electron chi connectivity index (χ2n) is 4.39. The van der Waals surface area contributed by atoms with Gasteiger partial charge in [0, 0.05) is 13.5 Å². The van der Waals surface area contributed by atoms with Crippen LogP contribution in [0.2, 0.25) is 0 Å². The fraction of sp³-hybridized carbons (Fsp3) is 0.429. The largest absolute Gasteiger partial charge is 0.354 e. The lowest BCUT2D eigenvalue weighted by Crippen LogP contribution is -2.44. The van der Waals surface area contributed by atoms with Gasteiger partial charge in [0.1, 0.15) is 6.04 Å². The highest BCUT2D eigenvalue weighted by Gasteiger charge is 2.12. The lowest BCUT2D eigenvalue weighted by molar-refractivity contribution is -0.127. The summed E-state index contributed by atoms with van der Waals surface area (Å²) in [5.74, 6) is -0.352. The molecule has 0 unspecified atom stereocenters. The molecule has 2 N–H and O–H groups in total. The molecular weight excluding hydrogens is 228 g/mol. The van der Waals surface area contributed by atoms with Crippen LogP contribution >= 0.6 is 0 Å². The Morgan fingerprint density at radius 3 is 2.56 bits per heavy atom. The molecule has 1 atom stereocenters. The second-order valence-corrected chi connectivity index (χ2v) is 4.39. The zero-order valence-corrected chi connectivity index (χ0v) is 11.1. The molecule has 0 fully saturated rings. The average Bonchev–Trinajstić information content (AvgIpc) is 2.30. The van der Waals surface area contributed by atoms with E-state index in [1.54, 1.807) is 6.92 Å². The van der Waals surface area contributed by atoms with E-state index in [0.717, 1.165) is 6.42 Å². The van der Waals surface area contributed by atoms with Crippen molar-refractivity contribution in [1.29, 1.82) is 0 Å². The number of hydrogen-bond donors (Lipinski definition) is 2. The van der Waals surface area contributed by atoms with Gasteiger partial charge in [-0.1, -0.05) is 24.3 Å². The smallest absolute Gasteiger partial charge is 0.242 e. The molecule has 18 heavy (non-hydrogen) atoms. The van der Waals surface area contributed by atoms with E-state index < -0.39 is 6.04 Å². The van der Waals surface area contributed by atoms with E-state index in [-0.39, 0.29) is 11.8 Å². The Balaban J connectivity index is 2.36. The van der Waals surface area contributed by atoms with Crippen molar-refractivity contribution in [3.8, 4) is 0 Å². The molecule has 1 rings (SSSR count). The van der Waals surface area contributed by atoms with Gasteiger partial charge >= 0.3 is 0 Å². The summed E-state index contributed by atoms with van der Waals surface area (Å²) in [4.78, 5) is 22.4. The Hall–Kier alpha value is -1.84. The minimum absolute atomic E-state index is 0.154. The van der Waals surface area contributed by atoms with Crippen molar-refractivity contribution in [1.82, 2.24) is 10.6 Å². The van der Waals surface area contributed by atoms with Gasteiger partial charge in [0.2, 0.25) is 11.8 Å². The van der Waals surface area contributed by atoms with Crippen molar-refractivity contribution >= 4 is 11.8 Å². The molecule has 0 radical (unpaired) electrons. The summed E-state index contributed by atoms with van der Waals surface area (Å²) >= 11 is 0. The monoisotopic (exact) mass is 248 g/mol. The van der Waals surface area contributed by atoms with Crippen LogP contribution in [0.5, 0.6) is 0 Å². The second kappa shape index (κ2) is 6.79. The maximum Gasteiger partial charge on any atom is 0.242 e. The van der Waals surface area contributed by atoms with Gasteiger partial charge < -0.3 is 10.6 Å². The molecule has 0 bridgehead atoms. The van der Waals surface area contributed by atoms with Crippen molar-refractivity contribution in [3.63, 3.8) is 0 Å². The maximum absolute atomic E-state index is 11.6. The van der Waals surface area contributed by atoms with Crippen LogP contribution in [0.25, 0.3) is 0 Å². The minimum Gasteiger partial charge on any atom is -0.354 e. The summed E-state index contributed by atoms with van der Waals surface area (Å²) < 4.78 is 0. The van der Waals surface area contributed by atoms with Gasteiger partial charge in [-0.15, -0.1) is 0 Å². The van der Waals surface area contributed by atoms with E-state index in [1.165, 1.54) is 18.1 Å². The van der Waals surface area contributed by atoms with Crippen LogP contribution in [-0.4, -0.2) is 24.4 Å². The lowest BCUT2D eigenvalue weighted by Gasteiger charge is -2.13. The van der Waals surface area contributed by atoms with Crippen LogP contribution in [0.3, 0.4) is 0 Å². The summed E-state index contributed by atoms with van der Waals surface area (Å²) in [6.07, 6.45) is 0.797. The third-order valence-electron chi connectivity index (χ3n) is 2.77. The quantitative estimate of drug-likeness (QED) is 0.822. The Morgan fingerprint density at radius 2 is 1.94 bits per heavy atom. The highest BCUT2D eigenvalue weighted by atomic mass is 16.2. The number of carbonyl (C=O) groups is 2. The van der Waals surface area contributed by atoms with Gasteiger partial charge in [-0.3, -0.25) is 9.59 Å². The van der Waals surface area contributed by atoms with E-state index >= 15 is 0 Å².